The molecule has 3 heterocycles. The summed E-state index contributed by atoms with van der Waals surface area (Å²) in [7, 11) is 3.24. The maximum absolute atomic E-state index is 6.31. The number of anilines is 1. The Morgan fingerprint density at radius 2 is 1.71 bits per heavy atom. The standard InChI is InChI=1S/C23H23N5O3/c1-23(31-21-12-24-16-6-4-5-7-17(16)27-21)8-9-28(13-23)22-15-10-19(29-2)20(30-3)11-18(15)25-14-26-22/h4-7,10-12,14H,8-9,13H2,1-3H3. The van der Waals surface area contributed by atoms with Crippen LogP contribution in [0.3, 0.4) is 0 Å². The summed E-state index contributed by atoms with van der Waals surface area (Å²) in [5.74, 6) is 2.67. The Morgan fingerprint density at radius 1 is 0.935 bits per heavy atom. The first kappa shape index (κ1) is 19.3. The molecule has 1 aliphatic rings. The van der Waals surface area contributed by atoms with Gasteiger partial charge in [0, 0.05) is 24.4 Å². The van der Waals surface area contributed by atoms with Gasteiger partial charge in [0.1, 0.15) is 17.7 Å². The molecule has 0 saturated carbocycles. The maximum atomic E-state index is 6.31. The average molecular weight is 417 g/mol. The Balaban J connectivity index is 1.43. The van der Waals surface area contributed by atoms with E-state index in [1.54, 1.807) is 26.7 Å². The molecule has 1 aliphatic heterocycles. The van der Waals surface area contributed by atoms with Crippen LogP contribution >= 0.6 is 0 Å². The Labute approximate surface area is 179 Å². The molecule has 0 bridgehead atoms. The second kappa shape index (κ2) is 7.54. The van der Waals surface area contributed by atoms with E-state index in [4.69, 9.17) is 14.2 Å². The summed E-state index contributed by atoms with van der Waals surface area (Å²) in [6, 6.07) is 11.6. The maximum Gasteiger partial charge on any atom is 0.233 e. The average Bonchev–Trinajstić information content (AvgIpc) is 3.18. The molecule has 2 aromatic carbocycles. The molecule has 1 fully saturated rings. The van der Waals surface area contributed by atoms with Crippen molar-refractivity contribution < 1.29 is 14.2 Å². The van der Waals surface area contributed by atoms with Crippen LogP contribution in [0.4, 0.5) is 5.82 Å². The lowest BCUT2D eigenvalue weighted by Crippen LogP contribution is -2.36. The number of rotatable bonds is 5. The predicted octanol–water partition coefficient (Wildman–Crippen LogP) is 3.64. The highest BCUT2D eigenvalue weighted by atomic mass is 16.5. The topological polar surface area (TPSA) is 82.5 Å². The summed E-state index contributed by atoms with van der Waals surface area (Å²) in [5, 5.41) is 0.912. The lowest BCUT2D eigenvalue weighted by atomic mass is 10.1. The first-order valence-corrected chi connectivity index (χ1v) is 10.1. The summed E-state index contributed by atoms with van der Waals surface area (Å²) in [6.45, 7) is 3.57. The van der Waals surface area contributed by atoms with E-state index in [1.165, 1.54) is 0 Å². The summed E-state index contributed by atoms with van der Waals surface area (Å²) in [6.07, 6.45) is 4.10. The van der Waals surface area contributed by atoms with Gasteiger partial charge in [0.15, 0.2) is 11.5 Å². The van der Waals surface area contributed by atoms with Gasteiger partial charge in [-0.25, -0.2) is 19.9 Å². The van der Waals surface area contributed by atoms with Gasteiger partial charge in [-0.2, -0.15) is 0 Å². The zero-order valence-electron chi connectivity index (χ0n) is 17.7. The third-order valence-electron chi connectivity index (χ3n) is 5.63. The number of hydrogen-bond donors (Lipinski definition) is 0. The van der Waals surface area contributed by atoms with Crippen LogP contribution in [0.25, 0.3) is 21.9 Å². The number of benzene rings is 2. The second-order valence-electron chi connectivity index (χ2n) is 7.84. The summed E-state index contributed by atoms with van der Waals surface area (Å²) >= 11 is 0. The first-order valence-electron chi connectivity index (χ1n) is 10.1. The van der Waals surface area contributed by atoms with E-state index in [-0.39, 0.29) is 0 Å². The minimum Gasteiger partial charge on any atom is -0.493 e. The van der Waals surface area contributed by atoms with Gasteiger partial charge < -0.3 is 19.1 Å². The smallest absolute Gasteiger partial charge is 0.233 e. The quantitative estimate of drug-likeness (QED) is 0.487. The lowest BCUT2D eigenvalue weighted by Gasteiger charge is -2.26. The molecule has 158 valence electrons. The highest BCUT2D eigenvalue weighted by molar-refractivity contribution is 5.92. The van der Waals surface area contributed by atoms with Crippen molar-refractivity contribution in [3.8, 4) is 17.4 Å². The molecule has 2 aromatic heterocycles. The van der Waals surface area contributed by atoms with Gasteiger partial charge in [-0.3, -0.25) is 0 Å². The third kappa shape index (κ3) is 3.54. The van der Waals surface area contributed by atoms with E-state index >= 15 is 0 Å². The highest BCUT2D eigenvalue weighted by Gasteiger charge is 2.37. The van der Waals surface area contributed by atoms with Crippen molar-refractivity contribution in [1.82, 2.24) is 19.9 Å². The van der Waals surface area contributed by atoms with Crippen molar-refractivity contribution in [3.63, 3.8) is 0 Å². The molecule has 0 amide bonds. The number of fused-ring (bicyclic) bond motifs is 2. The number of hydrogen-bond acceptors (Lipinski definition) is 8. The molecule has 0 N–H and O–H groups in total. The number of para-hydroxylation sites is 2. The van der Waals surface area contributed by atoms with Crippen molar-refractivity contribution in [1.29, 1.82) is 0 Å². The molecule has 1 saturated heterocycles. The number of nitrogens with zero attached hydrogens (tertiary/aromatic N) is 5. The van der Waals surface area contributed by atoms with Gasteiger partial charge in [-0.15, -0.1) is 0 Å². The van der Waals surface area contributed by atoms with Crippen LogP contribution in [-0.4, -0.2) is 52.8 Å². The number of aromatic nitrogens is 4. The van der Waals surface area contributed by atoms with E-state index in [2.05, 4.69) is 31.8 Å². The van der Waals surface area contributed by atoms with Gasteiger partial charge in [-0.1, -0.05) is 12.1 Å². The fourth-order valence-electron chi connectivity index (χ4n) is 4.06. The van der Waals surface area contributed by atoms with Crippen molar-refractivity contribution in [3.05, 3.63) is 48.9 Å². The fraction of sp³-hybridized carbons (Fsp3) is 0.304. The minimum atomic E-state index is -0.412. The van der Waals surface area contributed by atoms with E-state index < -0.39 is 5.60 Å². The Bertz CT molecular complexity index is 1260. The molecule has 8 nitrogen and oxygen atoms in total. The molecule has 1 atom stereocenters. The summed E-state index contributed by atoms with van der Waals surface area (Å²) in [4.78, 5) is 20.3. The zero-order valence-corrected chi connectivity index (χ0v) is 17.7. The fourth-order valence-corrected chi connectivity index (χ4v) is 4.06. The van der Waals surface area contributed by atoms with Gasteiger partial charge >= 0.3 is 0 Å². The Morgan fingerprint density at radius 3 is 2.52 bits per heavy atom. The van der Waals surface area contributed by atoms with E-state index in [0.717, 1.165) is 40.7 Å². The monoisotopic (exact) mass is 417 g/mol. The number of ether oxygens (including phenoxy) is 3. The zero-order chi connectivity index (χ0) is 21.4. The van der Waals surface area contributed by atoms with Crippen molar-refractivity contribution in [2.75, 3.05) is 32.2 Å². The molecule has 8 heteroatoms. The van der Waals surface area contributed by atoms with E-state index in [1.807, 2.05) is 36.4 Å². The predicted molar refractivity (Wildman–Crippen MR) is 118 cm³/mol. The third-order valence-corrected chi connectivity index (χ3v) is 5.63. The lowest BCUT2D eigenvalue weighted by molar-refractivity contribution is 0.106. The van der Waals surface area contributed by atoms with Crippen LogP contribution < -0.4 is 19.1 Å². The van der Waals surface area contributed by atoms with Crippen molar-refractivity contribution >= 4 is 27.8 Å². The largest absolute Gasteiger partial charge is 0.493 e. The van der Waals surface area contributed by atoms with Gasteiger partial charge in [0.25, 0.3) is 0 Å². The molecule has 1 unspecified atom stereocenters. The van der Waals surface area contributed by atoms with Gasteiger partial charge in [-0.05, 0) is 25.1 Å². The molecular weight excluding hydrogens is 394 g/mol. The summed E-state index contributed by atoms with van der Waals surface area (Å²) in [5.41, 5.74) is 2.06. The van der Waals surface area contributed by atoms with Gasteiger partial charge in [0.2, 0.25) is 5.88 Å². The van der Waals surface area contributed by atoms with Crippen LogP contribution in [0.5, 0.6) is 17.4 Å². The van der Waals surface area contributed by atoms with Crippen LogP contribution in [0.2, 0.25) is 0 Å². The first-order chi connectivity index (χ1) is 15.1. The molecule has 31 heavy (non-hydrogen) atoms. The van der Waals surface area contributed by atoms with Crippen LogP contribution in [0.15, 0.2) is 48.9 Å². The molecule has 5 rings (SSSR count). The Hall–Kier alpha value is -3.68. The normalized spacial score (nSPS) is 18.5. The summed E-state index contributed by atoms with van der Waals surface area (Å²) < 4.78 is 17.2. The van der Waals surface area contributed by atoms with Crippen LogP contribution in [0, 0.1) is 0 Å². The molecule has 0 spiro atoms. The van der Waals surface area contributed by atoms with Crippen LogP contribution in [-0.2, 0) is 0 Å². The minimum absolute atomic E-state index is 0.412. The molecule has 4 aromatic rings. The molecular formula is C23H23N5O3. The molecule has 0 aliphatic carbocycles. The van der Waals surface area contributed by atoms with Crippen molar-refractivity contribution in [2.45, 2.75) is 18.9 Å². The van der Waals surface area contributed by atoms with Crippen LogP contribution in [0.1, 0.15) is 13.3 Å². The number of methoxy groups -OCH3 is 2. The SMILES string of the molecule is COc1cc2ncnc(N3CCC(C)(Oc4cnc5ccccc5n4)C3)c2cc1OC. The second-order valence-corrected chi connectivity index (χ2v) is 7.84. The van der Waals surface area contributed by atoms with Gasteiger partial charge in [0.05, 0.1) is 43.5 Å². The highest BCUT2D eigenvalue weighted by Crippen LogP contribution is 2.37. The van der Waals surface area contributed by atoms with E-state index in [0.29, 0.717) is 23.9 Å². The van der Waals surface area contributed by atoms with Crippen molar-refractivity contribution in [2.24, 2.45) is 0 Å². The molecule has 0 radical (unpaired) electrons. The Kier molecular flexibility index (Phi) is 4.69. The van der Waals surface area contributed by atoms with E-state index in [9.17, 15) is 0 Å².